The molecule has 0 spiro atoms. The monoisotopic (exact) mass is 305 g/mol. The fraction of sp³-hybridized carbons (Fsp3) is 0.412. The van der Waals surface area contributed by atoms with Crippen molar-refractivity contribution in [3.8, 4) is 5.75 Å². The molecule has 0 saturated carbocycles. The van der Waals surface area contributed by atoms with Crippen LogP contribution in [0.3, 0.4) is 0 Å². The van der Waals surface area contributed by atoms with Crippen LogP contribution in [0.5, 0.6) is 5.75 Å². The molecule has 0 aromatic heterocycles. The van der Waals surface area contributed by atoms with Gasteiger partial charge in [-0.2, -0.15) is 0 Å². The number of hydrogen-bond donors (Lipinski definition) is 1. The summed E-state index contributed by atoms with van der Waals surface area (Å²) >= 11 is 0. The van der Waals surface area contributed by atoms with Crippen molar-refractivity contribution in [1.29, 1.82) is 0 Å². The third kappa shape index (κ3) is 7.47. The normalized spacial score (nSPS) is 10.5. The zero-order chi connectivity index (χ0) is 16.2. The second kappa shape index (κ2) is 10.4. The summed E-state index contributed by atoms with van der Waals surface area (Å²) in [6.07, 6.45) is 5.45. The number of rotatable bonds is 9. The van der Waals surface area contributed by atoms with E-state index in [2.05, 4.69) is 17.0 Å². The summed E-state index contributed by atoms with van der Waals surface area (Å²) in [5.41, 5.74) is 0.908. The van der Waals surface area contributed by atoms with Crippen molar-refractivity contribution in [2.75, 3.05) is 20.3 Å². The molecular weight excluding hydrogens is 282 g/mol. The van der Waals surface area contributed by atoms with Gasteiger partial charge in [0, 0.05) is 12.6 Å². The van der Waals surface area contributed by atoms with Gasteiger partial charge in [-0.25, -0.2) is 0 Å². The van der Waals surface area contributed by atoms with Crippen LogP contribution in [-0.2, 0) is 14.3 Å². The fourth-order valence-corrected chi connectivity index (χ4v) is 1.63. The van der Waals surface area contributed by atoms with E-state index in [1.807, 2.05) is 24.3 Å². The molecule has 1 aromatic rings. The van der Waals surface area contributed by atoms with Crippen molar-refractivity contribution in [1.82, 2.24) is 5.32 Å². The van der Waals surface area contributed by atoms with E-state index in [0.29, 0.717) is 6.61 Å². The average Bonchev–Trinajstić information content (AvgIpc) is 2.54. The van der Waals surface area contributed by atoms with Crippen LogP contribution in [0, 0.1) is 0 Å². The van der Waals surface area contributed by atoms with E-state index < -0.39 is 0 Å². The second-order valence-electron chi connectivity index (χ2n) is 4.72. The quantitative estimate of drug-likeness (QED) is 0.432. The topological polar surface area (TPSA) is 64.6 Å². The molecule has 1 amide bonds. The largest absolute Gasteiger partial charge is 0.494 e. The molecule has 0 unspecified atom stereocenters. The fourth-order valence-electron chi connectivity index (χ4n) is 1.63. The van der Waals surface area contributed by atoms with Crippen LogP contribution in [0.25, 0.3) is 6.08 Å². The number of carbonyl (C=O) groups is 2. The van der Waals surface area contributed by atoms with E-state index >= 15 is 0 Å². The summed E-state index contributed by atoms with van der Waals surface area (Å²) in [6, 6.07) is 7.54. The first-order valence-electron chi connectivity index (χ1n) is 7.41. The molecule has 1 aromatic carbocycles. The van der Waals surface area contributed by atoms with Crippen molar-refractivity contribution in [3.05, 3.63) is 35.9 Å². The predicted octanol–water partition coefficient (Wildman–Crippen LogP) is 2.56. The molecule has 5 nitrogen and oxygen atoms in total. The van der Waals surface area contributed by atoms with Gasteiger partial charge in [0.05, 0.1) is 20.1 Å². The summed E-state index contributed by atoms with van der Waals surface area (Å²) in [5.74, 6) is 0.239. The molecule has 0 atom stereocenters. The minimum Gasteiger partial charge on any atom is -0.494 e. The first kappa shape index (κ1) is 17.8. The number of methoxy groups -OCH3 is 1. The number of carbonyl (C=O) groups excluding carboxylic acids is 2. The summed E-state index contributed by atoms with van der Waals surface area (Å²) in [4.78, 5) is 22.4. The van der Waals surface area contributed by atoms with Crippen LogP contribution in [0.1, 0.15) is 31.7 Å². The number of amides is 1. The Balaban J connectivity index is 2.35. The summed E-state index contributed by atoms with van der Waals surface area (Å²) in [7, 11) is 1.32. The van der Waals surface area contributed by atoms with Crippen LogP contribution in [0.2, 0.25) is 0 Å². The lowest BCUT2D eigenvalue weighted by atomic mass is 10.2. The Bertz CT molecular complexity index is 494. The Hall–Kier alpha value is -2.30. The molecule has 0 fully saturated rings. The van der Waals surface area contributed by atoms with Crippen molar-refractivity contribution in [3.63, 3.8) is 0 Å². The van der Waals surface area contributed by atoms with E-state index in [1.165, 1.54) is 13.2 Å². The zero-order valence-corrected chi connectivity index (χ0v) is 13.1. The zero-order valence-electron chi connectivity index (χ0n) is 13.1. The summed E-state index contributed by atoms with van der Waals surface area (Å²) in [5, 5.41) is 2.61. The molecule has 1 rings (SSSR count). The van der Waals surface area contributed by atoms with Crippen LogP contribution < -0.4 is 10.1 Å². The smallest absolute Gasteiger partial charge is 0.307 e. The Morgan fingerprint density at radius 1 is 1.23 bits per heavy atom. The Morgan fingerprint density at radius 3 is 2.59 bits per heavy atom. The molecule has 0 aliphatic carbocycles. The first-order chi connectivity index (χ1) is 10.7. The average molecular weight is 305 g/mol. The highest BCUT2D eigenvalue weighted by atomic mass is 16.5. The molecule has 0 bridgehead atoms. The van der Waals surface area contributed by atoms with Gasteiger partial charge in [-0.1, -0.05) is 25.5 Å². The van der Waals surface area contributed by atoms with E-state index in [0.717, 1.165) is 24.2 Å². The van der Waals surface area contributed by atoms with E-state index in [-0.39, 0.29) is 24.8 Å². The minimum atomic E-state index is -0.344. The molecule has 0 aliphatic rings. The van der Waals surface area contributed by atoms with Crippen LogP contribution in [-0.4, -0.2) is 32.1 Å². The lowest BCUT2D eigenvalue weighted by Crippen LogP contribution is -2.24. The maximum atomic E-state index is 11.6. The van der Waals surface area contributed by atoms with Crippen molar-refractivity contribution in [2.45, 2.75) is 26.2 Å². The molecule has 0 radical (unpaired) electrons. The van der Waals surface area contributed by atoms with Gasteiger partial charge >= 0.3 is 5.97 Å². The molecule has 0 heterocycles. The van der Waals surface area contributed by atoms with Crippen LogP contribution in [0.15, 0.2) is 30.3 Å². The highest BCUT2D eigenvalue weighted by Gasteiger charge is 2.01. The van der Waals surface area contributed by atoms with E-state index in [9.17, 15) is 9.59 Å². The highest BCUT2D eigenvalue weighted by molar-refractivity contribution is 5.91. The van der Waals surface area contributed by atoms with Gasteiger partial charge in [-0.15, -0.1) is 0 Å². The number of unbranched alkanes of at least 4 members (excludes halogenated alkanes) is 1. The SMILES string of the molecule is CCCCOc1ccc(/C=C/C(=O)NCCC(=O)OC)cc1. The second-order valence-corrected chi connectivity index (χ2v) is 4.72. The molecule has 0 aliphatic heterocycles. The van der Waals surface area contributed by atoms with Gasteiger partial charge in [0.15, 0.2) is 0 Å². The van der Waals surface area contributed by atoms with Gasteiger partial charge < -0.3 is 14.8 Å². The molecule has 0 saturated heterocycles. The molecule has 5 heteroatoms. The van der Waals surface area contributed by atoms with Gasteiger partial charge in [0.1, 0.15) is 5.75 Å². The lowest BCUT2D eigenvalue weighted by molar-refractivity contribution is -0.140. The number of nitrogens with one attached hydrogen (secondary N) is 1. The summed E-state index contributed by atoms with van der Waals surface area (Å²) in [6.45, 7) is 3.10. The van der Waals surface area contributed by atoms with Crippen LogP contribution >= 0.6 is 0 Å². The number of esters is 1. The molecule has 22 heavy (non-hydrogen) atoms. The van der Waals surface area contributed by atoms with Crippen LogP contribution in [0.4, 0.5) is 0 Å². The van der Waals surface area contributed by atoms with E-state index in [1.54, 1.807) is 6.08 Å². The lowest BCUT2D eigenvalue weighted by Gasteiger charge is -2.05. The third-order valence-corrected chi connectivity index (χ3v) is 2.93. The summed E-state index contributed by atoms with van der Waals surface area (Å²) < 4.78 is 10.1. The standard InChI is InChI=1S/C17H23NO4/c1-3-4-13-22-15-8-5-14(6-9-15)7-10-16(19)18-12-11-17(20)21-2/h5-10H,3-4,11-13H2,1-2H3,(H,18,19)/b10-7+. The highest BCUT2D eigenvalue weighted by Crippen LogP contribution is 2.13. The van der Waals surface area contributed by atoms with Gasteiger partial charge in [-0.3, -0.25) is 9.59 Å². The molecule has 1 N–H and O–H groups in total. The van der Waals surface area contributed by atoms with Crippen molar-refractivity contribution in [2.24, 2.45) is 0 Å². The minimum absolute atomic E-state index is 0.167. The van der Waals surface area contributed by atoms with Gasteiger partial charge in [-0.05, 0) is 30.2 Å². The Kier molecular flexibility index (Phi) is 8.42. The molecular formula is C17H23NO4. The van der Waals surface area contributed by atoms with E-state index in [4.69, 9.17) is 4.74 Å². The maximum absolute atomic E-state index is 11.6. The molecule has 120 valence electrons. The Morgan fingerprint density at radius 2 is 1.95 bits per heavy atom. The van der Waals surface area contributed by atoms with Crippen molar-refractivity contribution >= 4 is 18.0 Å². The predicted molar refractivity (Wildman–Crippen MR) is 85.5 cm³/mol. The Labute approximate surface area is 131 Å². The van der Waals surface area contributed by atoms with Gasteiger partial charge in [0.2, 0.25) is 5.91 Å². The number of benzene rings is 1. The van der Waals surface area contributed by atoms with Gasteiger partial charge in [0.25, 0.3) is 0 Å². The number of hydrogen-bond acceptors (Lipinski definition) is 4. The van der Waals surface area contributed by atoms with Crippen molar-refractivity contribution < 1.29 is 19.1 Å². The third-order valence-electron chi connectivity index (χ3n) is 2.93. The first-order valence-corrected chi connectivity index (χ1v) is 7.41. The maximum Gasteiger partial charge on any atom is 0.307 e. The number of ether oxygens (including phenoxy) is 2.